The van der Waals surface area contributed by atoms with E-state index in [1.54, 1.807) is 30.4 Å². The lowest BCUT2D eigenvalue weighted by atomic mass is 10.2. The molecule has 0 aliphatic heterocycles. The molecule has 0 amide bonds. The van der Waals surface area contributed by atoms with Crippen molar-refractivity contribution >= 4 is 6.08 Å². The van der Waals surface area contributed by atoms with Gasteiger partial charge < -0.3 is 10.2 Å². The summed E-state index contributed by atoms with van der Waals surface area (Å²) in [5.74, 6) is 0.234. The van der Waals surface area contributed by atoms with E-state index < -0.39 is 0 Å². The van der Waals surface area contributed by atoms with E-state index in [4.69, 9.17) is 5.11 Å². The van der Waals surface area contributed by atoms with Crippen LogP contribution in [0.1, 0.15) is 5.56 Å². The number of aliphatic hydroxyl groups is 1. The van der Waals surface area contributed by atoms with Crippen molar-refractivity contribution in [2.75, 3.05) is 6.61 Å². The van der Waals surface area contributed by atoms with Crippen LogP contribution in [0.3, 0.4) is 0 Å². The predicted octanol–water partition coefficient (Wildman–Crippen LogP) is 1.40. The quantitative estimate of drug-likeness (QED) is 0.669. The molecule has 1 rings (SSSR count). The van der Waals surface area contributed by atoms with Crippen molar-refractivity contribution in [3.8, 4) is 5.75 Å². The molecule has 2 heteroatoms. The molecule has 0 aliphatic carbocycles. The minimum atomic E-state index is -0.00562. The van der Waals surface area contributed by atoms with Crippen LogP contribution in [0, 0.1) is 0 Å². The Balaban J connectivity index is 2.86. The minimum absolute atomic E-state index is 0.00562. The van der Waals surface area contributed by atoms with Gasteiger partial charge >= 0.3 is 0 Å². The van der Waals surface area contributed by atoms with E-state index in [1.807, 2.05) is 6.07 Å². The normalized spacial score (nSPS) is 10.6. The molecule has 1 aromatic carbocycles. The Bertz CT molecular complexity index is 253. The van der Waals surface area contributed by atoms with Crippen molar-refractivity contribution in [2.24, 2.45) is 0 Å². The molecular weight excluding hydrogens is 140 g/mol. The van der Waals surface area contributed by atoms with Crippen LogP contribution in [0.5, 0.6) is 5.75 Å². The van der Waals surface area contributed by atoms with Crippen LogP contribution >= 0.6 is 0 Å². The number of phenols is 1. The van der Waals surface area contributed by atoms with Gasteiger partial charge in [0.05, 0.1) is 6.61 Å². The van der Waals surface area contributed by atoms with Gasteiger partial charge in [0.1, 0.15) is 5.75 Å². The Morgan fingerprint density at radius 1 is 1.27 bits per heavy atom. The second-order valence-corrected chi connectivity index (χ2v) is 2.14. The molecule has 0 saturated heterocycles. The van der Waals surface area contributed by atoms with Gasteiger partial charge in [0.15, 0.2) is 0 Å². The number of benzene rings is 1. The molecule has 2 nitrogen and oxygen atoms in total. The fourth-order valence-corrected chi connectivity index (χ4v) is 0.808. The molecule has 0 radical (unpaired) electrons. The highest BCUT2D eigenvalue weighted by atomic mass is 16.3. The second-order valence-electron chi connectivity index (χ2n) is 2.14. The molecule has 0 heterocycles. The molecule has 0 spiro atoms. The molecule has 0 unspecified atom stereocenters. The molecule has 11 heavy (non-hydrogen) atoms. The summed E-state index contributed by atoms with van der Waals surface area (Å²) in [6, 6.07) is 6.97. The fourth-order valence-electron chi connectivity index (χ4n) is 0.808. The number of hydrogen-bond donors (Lipinski definition) is 2. The molecule has 0 aliphatic rings. The van der Waals surface area contributed by atoms with Gasteiger partial charge in [-0.05, 0) is 6.07 Å². The Hall–Kier alpha value is -1.28. The standard InChI is InChI=1S/C9H10O2/c10-7-3-5-8-4-1-2-6-9(8)11/h1-6,10-11H,7H2. The number of aromatic hydroxyl groups is 1. The zero-order valence-electron chi connectivity index (χ0n) is 6.07. The van der Waals surface area contributed by atoms with Crippen molar-refractivity contribution in [3.05, 3.63) is 35.9 Å². The highest BCUT2D eigenvalue weighted by Gasteiger charge is 1.91. The first-order chi connectivity index (χ1) is 5.34. The zero-order chi connectivity index (χ0) is 8.10. The van der Waals surface area contributed by atoms with Gasteiger partial charge in [0.2, 0.25) is 0 Å². The maximum absolute atomic E-state index is 9.20. The minimum Gasteiger partial charge on any atom is -0.507 e. The number of hydrogen-bond acceptors (Lipinski definition) is 2. The molecule has 0 fully saturated rings. The SMILES string of the molecule is OCC=Cc1ccccc1O. The van der Waals surface area contributed by atoms with E-state index in [2.05, 4.69) is 0 Å². The Morgan fingerprint density at radius 3 is 2.64 bits per heavy atom. The lowest BCUT2D eigenvalue weighted by Crippen LogP contribution is -1.74. The number of aliphatic hydroxyl groups excluding tert-OH is 1. The third-order valence-corrected chi connectivity index (χ3v) is 1.34. The maximum atomic E-state index is 9.20. The van der Waals surface area contributed by atoms with Gasteiger partial charge in [0.25, 0.3) is 0 Å². The third-order valence-electron chi connectivity index (χ3n) is 1.34. The average Bonchev–Trinajstić information content (AvgIpc) is 2.03. The van der Waals surface area contributed by atoms with Crippen LogP contribution < -0.4 is 0 Å². The van der Waals surface area contributed by atoms with Gasteiger partial charge in [-0.25, -0.2) is 0 Å². The van der Waals surface area contributed by atoms with Gasteiger partial charge in [-0.2, -0.15) is 0 Å². The van der Waals surface area contributed by atoms with Crippen molar-refractivity contribution in [1.29, 1.82) is 0 Å². The first-order valence-electron chi connectivity index (χ1n) is 3.40. The molecule has 58 valence electrons. The Kier molecular flexibility index (Phi) is 2.69. The molecule has 0 aromatic heterocycles. The Morgan fingerprint density at radius 2 is 2.00 bits per heavy atom. The van der Waals surface area contributed by atoms with Crippen molar-refractivity contribution < 1.29 is 10.2 Å². The van der Waals surface area contributed by atoms with Crippen molar-refractivity contribution in [3.63, 3.8) is 0 Å². The third kappa shape index (κ3) is 2.09. The van der Waals surface area contributed by atoms with Crippen LogP contribution in [0.2, 0.25) is 0 Å². The lowest BCUT2D eigenvalue weighted by molar-refractivity contribution is 0.343. The van der Waals surface area contributed by atoms with Crippen LogP contribution in [0.15, 0.2) is 30.3 Å². The Labute approximate surface area is 65.4 Å². The number of para-hydroxylation sites is 1. The van der Waals surface area contributed by atoms with E-state index in [0.29, 0.717) is 0 Å². The molecule has 0 bridgehead atoms. The second kappa shape index (κ2) is 3.78. The van der Waals surface area contributed by atoms with E-state index >= 15 is 0 Å². The van der Waals surface area contributed by atoms with E-state index in [-0.39, 0.29) is 12.4 Å². The van der Waals surface area contributed by atoms with Gasteiger partial charge in [-0.15, -0.1) is 0 Å². The van der Waals surface area contributed by atoms with E-state index in [0.717, 1.165) is 5.56 Å². The summed E-state index contributed by atoms with van der Waals surface area (Å²) in [5.41, 5.74) is 0.724. The average molecular weight is 150 g/mol. The monoisotopic (exact) mass is 150 g/mol. The summed E-state index contributed by atoms with van der Waals surface area (Å²) in [4.78, 5) is 0. The predicted molar refractivity (Wildman–Crippen MR) is 44.2 cm³/mol. The molecule has 2 N–H and O–H groups in total. The van der Waals surface area contributed by atoms with Crippen LogP contribution in [0.25, 0.3) is 6.08 Å². The fraction of sp³-hybridized carbons (Fsp3) is 0.111. The summed E-state index contributed by atoms with van der Waals surface area (Å²) in [5, 5.41) is 17.7. The van der Waals surface area contributed by atoms with Gasteiger partial charge in [0, 0.05) is 5.56 Å². The lowest BCUT2D eigenvalue weighted by Gasteiger charge is -1.95. The summed E-state index contributed by atoms with van der Waals surface area (Å²) in [6.45, 7) is -0.00562. The smallest absolute Gasteiger partial charge is 0.122 e. The van der Waals surface area contributed by atoms with Crippen LogP contribution in [-0.4, -0.2) is 16.8 Å². The van der Waals surface area contributed by atoms with Gasteiger partial charge in [-0.3, -0.25) is 0 Å². The summed E-state index contributed by atoms with van der Waals surface area (Å²) in [7, 11) is 0. The summed E-state index contributed by atoms with van der Waals surface area (Å²) in [6.07, 6.45) is 3.25. The van der Waals surface area contributed by atoms with Crippen LogP contribution in [-0.2, 0) is 0 Å². The summed E-state index contributed by atoms with van der Waals surface area (Å²) < 4.78 is 0. The van der Waals surface area contributed by atoms with Crippen molar-refractivity contribution in [2.45, 2.75) is 0 Å². The molecular formula is C9H10O2. The first-order valence-corrected chi connectivity index (χ1v) is 3.40. The molecule has 0 saturated carbocycles. The topological polar surface area (TPSA) is 40.5 Å². The zero-order valence-corrected chi connectivity index (χ0v) is 6.07. The van der Waals surface area contributed by atoms with Gasteiger partial charge in [-0.1, -0.05) is 30.4 Å². The van der Waals surface area contributed by atoms with E-state index in [1.165, 1.54) is 0 Å². The summed E-state index contributed by atoms with van der Waals surface area (Å²) >= 11 is 0. The van der Waals surface area contributed by atoms with Crippen LogP contribution in [0.4, 0.5) is 0 Å². The molecule has 1 aromatic rings. The van der Waals surface area contributed by atoms with E-state index in [9.17, 15) is 5.11 Å². The largest absolute Gasteiger partial charge is 0.507 e. The maximum Gasteiger partial charge on any atom is 0.122 e. The van der Waals surface area contributed by atoms with Crippen molar-refractivity contribution in [1.82, 2.24) is 0 Å². The highest BCUT2D eigenvalue weighted by Crippen LogP contribution is 2.16. The number of phenolic OH excluding ortho intramolecular Hbond substituents is 1. The first kappa shape index (κ1) is 7.82. The molecule has 0 atom stereocenters. The number of rotatable bonds is 2. The highest BCUT2D eigenvalue weighted by molar-refractivity contribution is 5.56.